The molecule has 2 aromatic carbocycles. The number of nitro benzene ring substituents is 1. The van der Waals surface area contributed by atoms with Gasteiger partial charge in [-0.1, -0.05) is 42.1 Å². The molecular formula is C19H17N3O4S2. The van der Waals surface area contributed by atoms with Crippen molar-refractivity contribution < 1.29 is 14.5 Å². The molecule has 0 aliphatic heterocycles. The Bertz CT molecular complexity index is 976. The second-order valence-electron chi connectivity index (χ2n) is 5.57. The summed E-state index contributed by atoms with van der Waals surface area (Å²) in [6.07, 6.45) is 0. The highest BCUT2D eigenvalue weighted by molar-refractivity contribution is 8.01. The van der Waals surface area contributed by atoms with Gasteiger partial charge in [0.2, 0.25) is 5.91 Å². The van der Waals surface area contributed by atoms with Gasteiger partial charge in [-0.15, -0.1) is 11.3 Å². The number of nitrogens with zero attached hydrogens (tertiary/aromatic N) is 2. The summed E-state index contributed by atoms with van der Waals surface area (Å²) in [5.74, 6) is 0.151. The molecule has 1 aromatic heterocycles. The van der Waals surface area contributed by atoms with Crippen LogP contribution in [0.1, 0.15) is 6.92 Å². The first-order chi connectivity index (χ1) is 13.6. The van der Waals surface area contributed by atoms with E-state index in [4.69, 9.17) is 4.74 Å². The average molecular weight is 415 g/mol. The fourth-order valence-corrected chi connectivity index (χ4v) is 4.04. The van der Waals surface area contributed by atoms with Crippen molar-refractivity contribution in [3.63, 3.8) is 0 Å². The summed E-state index contributed by atoms with van der Waals surface area (Å²) >= 11 is 2.74. The number of thiazole rings is 1. The molecule has 0 aliphatic carbocycles. The van der Waals surface area contributed by atoms with Crippen LogP contribution >= 0.6 is 23.1 Å². The zero-order chi connectivity index (χ0) is 19.9. The number of hydrogen-bond acceptors (Lipinski definition) is 7. The molecule has 0 atom stereocenters. The standard InChI is InChI=1S/C19H17N3O4S2/c1-2-26-14-8-9-15(17(10-14)22(24)25)20-18(23)12-28-19-21-16(11-27-19)13-6-4-3-5-7-13/h3-11H,2,12H2,1H3,(H,20,23). The van der Waals surface area contributed by atoms with Crippen LogP contribution in [0.4, 0.5) is 11.4 Å². The van der Waals surface area contributed by atoms with Crippen molar-refractivity contribution in [1.29, 1.82) is 0 Å². The van der Waals surface area contributed by atoms with Crippen molar-refractivity contribution in [2.45, 2.75) is 11.3 Å². The van der Waals surface area contributed by atoms with Crippen molar-refractivity contribution in [3.05, 3.63) is 64.0 Å². The Morgan fingerprint density at radius 1 is 1.29 bits per heavy atom. The number of rotatable bonds is 8. The molecule has 0 aliphatic rings. The Kier molecular flexibility index (Phi) is 6.62. The van der Waals surface area contributed by atoms with E-state index in [0.717, 1.165) is 15.6 Å². The molecule has 0 saturated heterocycles. The van der Waals surface area contributed by atoms with E-state index in [1.165, 1.54) is 35.2 Å². The topological polar surface area (TPSA) is 94.4 Å². The van der Waals surface area contributed by atoms with Gasteiger partial charge >= 0.3 is 0 Å². The maximum absolute atomic E-state index is 12.2. The minimum atomic E-state index is -0.543. The van der Waals surface area contributed by atoms with Gasteiger partial charge in [-0.25, -0.2) is 4.98 Å². The minimum absolute atomic E-state index is 0.103. The summed E-state index contributed by atoms with van der Waals surface area (Å²) in [6, 6.07) is 14.1. The van der Waals surface area contributed by atoms with Crippen LogP contribution in [-0.2, 0) is 4.79 Å². The molecule has 28 heavy (non-hydrogen) atoms. The highest BCUT2D eigenvalue weighted by atomic mass is 32.2. The minimum Gasteiger partial charge on any atom is -0.494 e. The highest BCUT2D eigenvalue weighted by Crippen LogP contribution is 2.31. The number of anilines is 1. The predicted molar refractivity (Wildman–Crippen MR) is 111 cm³/mol. The highest BCUT2D eigenvalue weighted by Gasteiger charge is 2.18. The van der Waals surface area contributed by atoms with Crippen LogP contribution in [0.15, 0.2) is 58.3 Å². The van der Waals surface area contributed by atoms with Gasteiger partial charge in [-0.05, 0) is 19.1 Å². The lowest BCUT2D eigenvalue weighted by atomic mass is 10.2. The van der Waals surface area contributed by atoms with Gasteiger partial charge < -0.3 is 10.1 Å². The Morgan fingerprint density at radius 2 is 2.07 bits per heavy atom. The number of aromatic nitrogens is 1. The lowest BCUT2D eigenvalue weighted by Gasteiger charge is -2.08. The van der Waals surface area contributed by atoms with Crippen LogP contribution < -0.4 is 10.1 Å². The third-order valence-corrected chi connectivity index (χ3v) is 5.65. The van der Waals surface area contributed by atoms with Gasteiger partial charge in [0, 0.05) is 10.9 Å². The molecule has 0 spiro atoms. The molecule has 0 unspecified atom stereocenters. The monoisotopic (exact) mass is 415 g/mol. The van der Waals surface area contributed by atoms with Crippen molar-refractivity contribution in [1.82, 2.24) is 4.98 Å². The summed E-state index contributed by atoms with van der Waals surface area (Å²) < 4.78 is 6.03. The number of carbonyl (C=O) groups excluding carboxylic acids is 1. The number of nitro groups is 1. The van der Waals surface area contributed by atoms with E-state index in [1.54, 1.807) is 13.0 Å². The summed E-state index contributed by atoms with van der Waals surface area (Å²) in [6.45, 7) is 2.19. The summed E-state index contributed by atoms with van der Waals surface area (Å²) in [5.41, 5.74) is 1.81. The third kappa shape index (κ3) is 5.08. The average Bonchev–Trinajstić information content (AvgIpc) is 3.17. The molecule has 3 rings (SSSR count). The number of hydrogen-bond donors (Lipinski definition) is 1. The van der Waals surface area contributed by atoms with Gasteiger partial charge in [0.15, 0.2) is 4.34 Å². The van der Waals surface area contributed by atoms with E-state index in [1.807, 2.05) is 35.7 Å². The van der Waals surface area contributed by atoms with Crippen LogP contribution in [0.3, 0.4) is 0 Å². The van der Waals surface area contributed by atoms with Crippen LogP contribution in [0.5, 0.6) is 5.75 Å². The molecule has 7 nitrogen and oxygen atoms in total. The van der Waals surface area contributed by atoms with Crippen molar-refractivity contribution in [2.24, 2.45) is 0 Å². The van der Waals surface area contributed by atoms with E-state index in [-0.39, 0.29) is 23.0 Å². The predicted octanol–water partition coefficient (Wildman–Crippen LogP) is 4.85. The van der Waals surface area contributed by atoms with Crippen LogP contribution in [-0.4, -0.2) is 28.2 Å². The molecule has 9 heteroatoms. The number of carbonyl (C=O) groups is 1. The fraction of sp³-hybridized carbons (Fsp3) is 0.158. The van der Waals surface area contributed by atoms with Crippen LogP contribution in [0.25, 0.3) is 11.3 Å². The largest absolute Gasteiger partial charge is 0.494 e. The molecule has 1 amide bonds. The molecule has 1 N–H and O–H groups in total. The Morgan fingerprint density at radius 3 is 2.79 bits per heavy atom. The maximum Gasteiger partial charge on any atom is 0.296 e. The number of amides is 1. The lowest BCUT2D eigenvalue weighted by Crippen LogP contribution is -2.15. The van der Waals surface area contributed by atoms with Crippen molar-refractivity contribution in [2.75, 3.05) is 17.7 Å². The van der Waals surface area contributed by atoms with E-state index in [9.17, 15) is 14.9 Å². The third-order valence-electron chi connectivity index (χ3n) is 3.63. The van der Waals surface area contributed by atoms with E-state index < -0.39 is 4.92 Å². The molecule has 144 valence electrons. The Hall–Kier alpha value is -2.91. The summed E-state index contributed by atoms with van der Waals surface area (Å²) in [7, 11) is 0. The molecule has 0 saturated carbocycles. The second kappa shape index (κ2) is 9.34. The van der Waals surface area contributed by atoms with Gasteiger partial charge in [0.25, 0.3) is 5.69 Å². The van der Waals surface area contributed by atoms with Crippen LogP contribution in [0, 0.1) is 10.1 Å². The van der Waals surface area contributed by atoms with Crippen molar-refractivity contribution >= 4 is 40.4 Å². The molecule has 0 radical (unpaired) electrons. The summed E-state index contributed by atoms with van der Waals surface area (Å²) in [5, 5.41) is 15.8. The fourth-order valence-electron chi connectivity index (χ4n) is 2.40. The first-order valence-corrected chi connectivity index (χ1v) is 10.3. The van der Waals surface area contributed by atoms with Crippen molar-refractivity contribution in [3.8, 4) is 17.0 Å². The molecule has 0 bridgehead atoms. The molecule has 3 aromatic rings. The smallest absolute Gasteiger partial charge is 0.296 e. The van der Waals surface area contributed by atoms with E-state index >= 15 is 0 Å². The number of benzene rings is 2. The van der Waals surface area contributed by atoms with E-state index in [2.05, 4.69) is 10.3 Å². The zero-order valence-electron chi connectivity index (χ0n) is 15.0. The first kappa shape index (κ1) is 19.8. The molecular weight excluding hydrogens is 398 g/mol. The lowest BCUT2D eigenvalue weighted by molar-refractivity contribution is -0.384. The molecule has 1 heterocycles. The van der Waals surface area contributed by atoms with Crippen LogP contribution in [0.2, 0.25) is 0 Å². The summed E-state index contributed by atoms with van der Waals surface area (Å²) in [4.78, 5) is 27.5. The van der Waals surface area contributed by atoms with Gasteiger partial charge in [0.1, 0.15) is 11.4 Å². The van der Waals surface area contributed by atoms with Gasteiger partial charge in [-0.2, -0.15) is 0 Å². The SMILES string of the molecule is CCOc1ccc(NC(=O)CSc2nc(-c3ccccc3)cs2)c([N+](=O)[O-])c1. The number of thioether (sulfide) groups is 1. The van der Waals surface area contributed by atoms with Gasteiger partial charge in [0.05, 0.1) is 29.0 Å². The Labute approximate surface area is 169 Å². The normalized spacial score (nSPS) is 10.5. The second-order valence-corrected chi connectivity index (χ2v) is 7.65. The number of ether oxygens (including phenoxy) is 1. The Balaban J connectivity index is 1.62. The first-order valence-electron chi connectivity index (χ1n) is 8.41. The molecule has 0 fully saturated rings. The van der Waals surface area contributed by atoms with E-state index in [0.29, 0.717) is 12.4 Å². The maximum atomic E-state index is 12.2. The number of nitrogens with one attached hydrogen (secondary N) is 1. The van der Waals surface area contributed by atoms with Gasteiger partial charge in [-0.3, -0.25) is 14.9 Å². The quantitative estimate of drug-likeness (QED) is 0.321. The zero-order valence-corrected chi connectivity index (χ0v) is 16.6.